The third-order valence-electron chi connectivity index (χ3n) is 3.83. The van der Waals surface area contributed by atoms with Crippen LogP contribution in [-0.2, 0) is 19.1 Å². The molecule has 14 heteroatoms. The minimum atomic E-state index is -2.18. The summed E-state index contributed by atoms with van der Waals surface area (Å²) in [6, 6.07) is 0. The van der Waals surface area contributed by atoms with E-state index in [1.54, 1.807) is 41.5 Å². The van der Waals surface area contributed by atoms with E-state index in [0.717, 1.165) is 0 Å². The number of amides is 3. The zero-order chi connectivity index (χ0) is 26.7. The van der Waals surface area contributed by atoms with Crippen molar-refractivity contribution in [1.29, 1.82) is 0 Å². The molecule has 0 spiro atoms. The van der Waals surface area contributed by atoms with E-state index >= 15 is 0 Å². The molecule has 0 heterocycles. The third kappa shape index (κ3) is 14.2. The number of nitrogens with one attached hydrogen (secondary N) is 4. The lowest BCUT2D eigenvalue weighted by Gasteiger charge is -2.26. The van der Waals surface area contributed by atoms with Crippen LogP contribution >= 0.6 is 0 Å². The number of alkyl carbamates (subject to hydrolysis) is 1. The molecular weight excluding hydrogens is 456 g/mol. The van der Waals surface area contributed by atoms with Crippen LogP contribution in [0.1, 0.15) is 41.5 Å². The van der Waals surface area contributed by atoms with Gasteiger partial charge >= 0.3 is 6.09 Å². The minimum absolute atomic E-state index is 0.0411. The Morgan fingerprint density at radius 1 is 0.676 bits per heavy atom. The molecule has 5 atom stereocenters. The van der Waals surface area contributed by atoms with Gasteiger partial charge in [0.25, 0.3) is 11.8 Å². The van der Waals surface area contributed by atoms with Crippen LogP contribution in [0.2, 0.25) is 0 Å². The van der Waals surface area contributed by atoms with E-state index in [0.29, 0.717) is 0 Å². The number of carbonyl (C=O) groups excluding carboxylic acids is 3. The van der Waals surface area contributed by atoms with Gasteiger partial charge in [-0.2, -0.15) is 0 Å². The van der Waals surface area contributed by atoms with Gasteiger partial charge in [0, 0.05) is 26.2 Å². The number of carbonyl (C=O) groups is 3. The van der Waals surface area contributed by atoms with E-state index in [1.807, 2.05) is 0 Å². The van der Waals surface area contributed by atoms with Gasteiger partial charge in [0.1, 0.15) is 17.8 Å². The maximum Gasteiger partial charge on any atom is 0.407 e. The molecule has 0 aromatic heterocycles. The molecule has 0 aromatic carbocycles. The first kappa shape index (κ1) is 31.9. The fourth-order valence-corrected chi connectivity index (χ4v) is 2.32. The summed E-state index contributed by atoms with van der Waals surface area (Å²) >= 11 is 0. The molecule has 0 aliphatic heterocycles. The first-order chi connectivity index (χ1) is 15.4. The van der Waals surface area contributed by atoms with Crippen LogP contribution in [0.15, 0.2) is 0 Å². The molecule has 0 rings (SSSR count). The summed E-state index contributed by atoms with van der Waals surface area (Å²) < 4.78 is 10.2. The van der Waals surface area contributed by atoms with E-state index in [4.69, 9.17) is 9.47 Å². The quantitative estimate of drug-likeness (QED) is 0.0916. The monoisotopic (exact) mass is 496 g/mol. The van der Waals surface area contributed by atoms with Crippen molar-refractivity contribution in [2.24, 2.45) is 0 Å². The van der Waals surface area contributed by atoms with Crippen LogP contribution < -0.4 is 21.3 Å². The molecular formula is C20H40N4O10. The predicted molar refractivity (Wildman–Crippen MR) is 119 cm³/mol. The lowest BCUT2D eigenvalue weighted by Crippen LogP contribution is -2.55. The Bertz CT molecular complexity index is 650. The van der Waals surface area contributed by atoms with E-state index in [9.17, 15) is 39.9 Å². The molecule has 0 aliphatic rings. The fourth-order valence-electron chi connectivity index (χ4n) is 2.32. The van der Waals surface area contributed by atoms with Crippen molar-refractivity contribution in [2.75, 3.05) is 26.2 Å². The highest BCUT2D eigenvalue weighted by Crippen LogP contribution is 2.08. The highest BCUT2D eigenvalue weighted by atomic mass is 16.6. The SMILES string of the molecule is CC(C)(C)OC(=O)NCCNC(=O)[C@H](O)[C@@H](O)[C@@H](O)[C@H](O)C(=O)NCCNC(O)OC(C)(C)C. The molecule has 0 saturated carbocycles. The summed E-state index contributed by atoms with van der Waals surface area (Å²) in [5.41, 5.74) is -1.30. The largest absolute Gasteiger partial charge is 0.444 e. The minimum Gasteiger partial charge on any atom is -0.444 e. The number of aliphatic hydroxyl groups is 5. The van der Waals surface area contributed by atoms with Crippen molar-refractivity contribution in [3.8, 4) is 0 Å². The second-order valence-corrected chi connectivity index (χ2v) is 9.42. The summed E-state index contributed by atoms with van der Waals surface area (Å²) in [6.07, 6.45) is -10.7. The summed E-state index contributed by atoms with van der Waals surface area (Å²) in [5, 5.41) is 58.7. The molecule has 9 N–H and O–H groups in total. The van der Waals surface area contributed by atoms with Gasteiger partial charge in [-0.3, -0.25) is 14.9 Å². The van der Waals surface area contributed by atoms with Crippen molar-refractivity contribution in [2.45, 2.75) is 83.6 Å². The van der Waals surface area contributed by atoms with Crippen molar-refractivity contribution >= 4 is 17.9 Å². The predicted octanol–water partition coefficient (Wildman–Crippen LogP) is -3.13. The van der Waals surface area contributed by atoms with Crippen LogP contribution in [0.4, 0.5) is 4.79 Å². The van der Waals surface area contributed by atoms with Gasteiger partial charge in [0.2, 0.25) is 6.41 Å². The fraction of sp³-hybridized carbons (Fsp3) is 0.850. The number of hydrogen-bond donors (Lipinski definition) is 9. The van der Waals surface area contributed by atoms with Gasteiger partial charge in [-0.1, -0.05) is 0 Å². The second-order valence-electron chi connectivity index (χ2n) is 9.42. The molecule has 14 nitrogen and oxygen atoms in total. The average molecular weight is 497 g/mol. The van der Waals surface area contributed by atoms with E-state index in [2.05, 4.69) is 21.3 Å². The Balaban J connectivity index is 4.36. The van der Waals surface area contributed by atoms with Gasteiger partial charge in [0.15, 0.2) is 12.2 Å². The molecule has 1 unspecified atom stereocenters. The smallest absolute Gasteiger partial charge is 0.407 e. The molecule has 0 bridgehead atoms. The Kier molecular flexibility index (Phi) is 13.5. The Morgan fingerprint density at radius 3 is 1.50 bits per heavy atom. The Hall–Kier alpha value is -2.07. The molecule has 200 valence electrons. The van der Waals surface area contributed by atoms with Gasteiger partial charge in [-0.25, -0.2) is 4.79 Å². The van der Waals surface area contributed by atoms with E-state index in [-0.39, 0.29) is 26.2 Å². The summed E-state index contributed by atoms with van der Waals surface area (Å²) in [7, 11) is 0. The maximum atomic E-state index is 11.9. The van der Waals surface area contributed by atoms with Crippen LogP contribution in [0.3, 0.4) is 0 Å². The van der Waals surface area contributed by atoms with Gasteiger partial charge in [-0.05, 0) is 41.5 Å². The Morgan fingerprint density at radius 2 is 1.09 bits per heavy atom. The maximum absolute atomic E-state index is 11.9. The highest BCUT2D eigenvalue weighted by molar-refractivity contribution is 5.83. The van der Waals surface area contributed by atoms with E-state index < -0.39 is 59.9 Å². The zero-order valence-electron chi connectivity index (χ0n) is 20.5. The highest BCUT2D eigenvalue weighted by Gasteiger charge is 2.37. The molecule has 3 amide bonds. The van der Waals surface area contributed by atoms with Crippen molar-refractivity contribution in [1.82, 2.24) is 21.3 Å². The second kappa shape index (κ2) is 14.4. The van der Waals surface area contributed by atoms with Crippen molar-refractivity contribution in [3.05, 3.63) is 0 Å². The van der Waals surface area contributed by atoms with E-state index in [1.165, 1.54) is 0 Å². The number of aliphatic hydroxyl groups excluding tert-OH is 5. The van der Waals surface area contributed by atoms with Gasteiger partial charge in [-0.15, -0.1) is 0 Å². The van der Waals surface area contributed by atoms with Crippen LogP contribution in [0.25, 0.3) is 0 Å². The lowest BCUT2D eigenvalue weighted by molar-refractivity contribution is -0.181. The number of rotatable bonds is 13. The molecule has 0 aromatic rings. The van der Waals surface area contributed by atoms with Crippen LogP contribution in [0.5, 0.6) is 0 Å². The first-order valence-corrected chi connectivity index (χ1v) is 10.8. The zero-order valence-corrected chi connectivity index (χ0v) is 20.5. The van der Waals surface area contributed by atoms with Crippen molar-refractivity contribution in [3.63, 3.8) is 0 Å². The van der Waals surface area contributed by atoms with Crippen LogP contribution in [0, 0.1) is 0 Å². The Labute approximate surface area is 199 Å². The van der Waals surface area contributed by atoms with Gasteiger partial charge in [0.05, 0.1) is 5.60 Å². The summed E-state index contributed by atoms with van der Waals surface area (Å²) in [4.78, 5) is 35.4. The first-order valence-electron chi connectivity index (χ1n) is 10.8. The molecule has 0 fully saturated rings. The molecule has 0 aliphatic carbocycles. The normalized spacial score (nSPS) is 16.6. The van der Waals surface area contributed by atoms with Crippen LogP contribution in [-0.4, -0.2) is 112 Å². The molecule has 0 saturated heterocycles. The number of ether oxygens (including phenoxy) is 2. The third-order valence-corrected chi connectivity index (χ3v) is 3.83. The molecule has 34 heavy (non-hydrogen) atoms. The lowest BCUT2D eigenvalue weighted by atomic mass is 10.0. The topological polar surface area (TPSA) is 219 Å². The summed E-state index contributed by atoms with van der Waals surface area (Å²) in [6.45, 7) is 10.0. The molecule has 0 radical (unpaired) electrons. The summed E-state index contributed by atoms with van der Waals surface area (Å²) in [5.74, 6) is -2.17. The van der Waals surface area contributed by atoms with Gasteiger partial charge < -0.3 is 51.0 Å². The number of hydrogen-bond acceptors (Lipinski definition) is 11. The standard InChI is InChI=1S/C20H40N4O10/c1-19(2,3)33-17(31)23-9-7-21-15(29)13(27)11(25)12(26)14(28)16(30)22-8-10-24-18(32)34-20(4,5)6/h11-14,17,23,25-28,31H,7-10H2,1-6H3,(H,21,29)(H,22,30)(H,24,32)/t11-,12+,13+,14-,17?/m1/s1. The average Bonchev–Trinajstić information content (AvgIpc) is 2.69. The van der Waals surface area contributed by atoms with Crippen molar-refractivity contribution < 1.29 is 49.4 Å².